The van der Waals surface area contributed by atoms with Gasteiger partial charge in [0.05, 0.1) is 5.25 Å². The minimum absolute atomic E-state index is 0.301. The molecule has 0 saturated heterocycles. The van der Waals surface area contributed by atoms with Gasteiger partial charge in [0.1, 0.15) is 0 Å². The molecular formula is C13H25ClO2S. The van der Waals surface area contributed by atoms with Gasteiger partial charge in [-0.2, -0.15) is 0 Å². The van der Waals surface area contributed by atoms with Crippen molar-refractivity contribution in [2.45, 2.75) is 82.3 Å². The van der Waals surface area contributed by atoms with E-state index in [0.717, 1.165) is 38.5 Å². The zero-order chi connectivity index (χ0) is 12.6. The summed E-state index contributed by atoms with van der Waals surface area (Å²) in [5.41, 5.74) is 0. The van der Waals surface area contributed by atoms with Gasteiger partial charge in [-0.3, -0.25) is 0 Å². The molecule has 0 aromatic rings. The highest BCUT2D eigenvalue weighted by atomic mass is 35.7. The Bertz CT molecular complexity index is 274. The largest absolute Gasteiger partial charge is 0.235 e. The molecule has 1 aliphatic rings. The highest BCUT2D eigenvalue weighted by Crippen LogP contribution is 2.23. The number of hydrogen-bond donors (Lipinski definition) is 0. The van der Waals surface area contributed by atoms with Crippen LogP contribution in [-0.4, -0.2) is 13.7 Å². The van der Waals surface area contributed by atoms with Crippen molar-refractivity contribution < 1.29 is 8.42 Å². The second-order valence-corrected chi connectivity index (χ2v) is 8.12. The third kappa shape index (κ3) is 7.30. The average Bonchev–Trinajstić information content (AvgIpc) is 2.27. The normalized spacial score (nSPS) is 23.4. The highest BCUT2D eigenvalue weighted by molar-refractivity contribution is 8.14. The molecule has 2 nitrogen and oxygen atoms in total. The molecule has 0 radical (unpaired) electrons. The van der Waals surface area contributed by atoms with E-state index in [4.69, 9.17) is 10.7 Å². The molecule has 0 heterocycles. The number of hydrogen-bond acceptors (Lipinski definition) is 2. The average molecular weight is 281 g/mol. The van der Waals surface area contributed by atoms with Crippen molar-refractivity contribution in [2.24, 2.45) is 0 Å². The van der Waals surface area contributed by atoms with E-state index in [1.807, 2.05) is 0 Å². The van der Waals surface area contributed by atoms with Crippen LogP contribution in [0.4, 0.5) is 0 Å². The summed E-state index contributed by atoms with van der Waals surface area (Å²) in [7, 11) is 2.16. The Morgan fingerprint density at radius 1 is 0.647 bits per heavy atom. The third-order valence-electron chi connectivity index (χ3n) is 3.70. The first kappa shape index (κ1) is 15.3. The lowest BCUT2D eigenvalue weighted by Crippen LogP contribution is -2.16. The van der Waals surface area contributed by atoms with Crippen LogP contribution in [0.3, 0.4) is 0 Å². The van der Waals surface area contributed by atoms with Gasteiger partial charge in [0.15, 0.2) is 0 Å². The minimum Gasteiger partial charge on any atom is -0.212 e. The summed E-state index contributed by atoms with van der Waals surface area (Å²) in [5.74, 6) is 0. The molecule has 0 bridgehead atoms. The molecule has 1 fully saturated rings. The van der Waals surface area contributed by atoms with E-state index in [0.29, 0.717) is 0 Å². The molecule has 1 saturated carbocycles. The molecule has 0 aliphatic heterocycles. The van der Waals surface area contributed by atoms with Gasteiger partial charge in [0.25, 0.3) is 0 Å². The molecule has 0 N–H and O–H groups in total. The molecule has 17 heavy (non-hydrogen) atoms. The Labute approximate surface area is 111 Å². The fourth-order valence-corrected chi connectivity index (χ4v) is 4.02. The van der Waals surface area contributed by atoms with Crippen molar-refractivity contribution in [3.63, 3.8) is 0 Å². The molecule has 0 aromatic carbocycles. The van der Waals surface area contributed by atoms with E-state index < -0.39 is 9.05 Å². The summed E-state index contributed by atoms with van der Waals surface area (Å²) >= 11 is 0. The predicted octanol–water partition coefficient (Wildman–Crippen LogP) is 4.62. The Morgan fingerprint density at radius 3 is 1.24 bits per heavy atom. The lowest BCUT2D eigenvalue weighted by molar-refractivity contribution is 0.534. The van der Waals surface area contributed by atoms with Gasteiger partial charge in [-0.1, -0.05) is 64.2 Å². The zero-order valence-corrected chi connectivity index (χ0v) is 12.2. The first-order valence-corrected chi connectivity index (χ1v) is 9.41. The Kier molecular flexibility index (Phi) is 7.52. The quantitative estimate of drug-likeness (QED) is 0.657. The first-order chi connectivity index (χ1) is 8.11. The fraction of sp³-hybridized carbons (Fsp3) is 1.00. The Balaban J connectivity index is 2.42. The van der Waals surface area contributed by atoms with Crippen LogP contribution in [0, 0.1) is 0 Å². The first-order valence-electron chi connectivity index (χ1n) is 7.04. The van der Waals surface area contributed by atoms with Gasteiger partial charge in [-0.25, -0.2) is 8.42 Å². The van der Waals surface area contributed by atoms with E-state index in [1.165, 1.54) is 38.5 Å². The van der Waals surface area contributed by atoms with Crippen molar-refractivity contribution >= 4 is 19.7 Å². The third-order valence-corrected chi connectivity index (χ3v) is 5.72. The molecule has 102 valence electrons. The molecule has 0 spiro atoms. The van der Waals surface area contributed by atoms with Gasteiger partial charge >= 0.3 is 0 Å². The van der Waals surface area contributed by atoms with E-state index in [9.17, 15) is 8.42 Å². The summed E-state index contributed by atoms with van der Waals surface area (Å²) in [6.45, 7) is 0. The van der Waals surface area contributed by atoms with Crippen molar-refractivity contribution in [3.05, 3.63) is 0 Å². The van der Waals surface area contributed by atoms with Crippen LogP contribution in [0.1, 0.15) is 77.0 Å². The Hall–Kier alpha value is 0.240. The standard InChI is InChI=1S/C13H25ClO2S/c14-17(15,16)13-11-9-7-5-3-1-2-4-6-8-10-12-13/h13H,1-12H2. The maximum Gasteiger partial charge on any atom is 0.235 e. The van der Waals surface area contributed by atoms with Gasteiger partial charge < -0.3 is 0 Å². The van der Waals surface area contributed by atoms with Crippen LogP contribution in [0.5, 0.6) is 0 Å². The predicted molar refractivity (Wildman–Crippen MR) is 74.0 cm³/mol. The lowest BCUT2D eigenvalue weighted by Gasteiger charge is -2.12. The van der Waals surface area contributed by atoms with Crippen molar-refractivity contribution in [1.82, 2.24) is 0 Å². The van der Waals surface area contributed by atoms with Gasteiger partial charge in [0, 0.05) is 10.7 Å². The van der Waals surface area contributed by atoms with Crippen molar-refractivity contribution in [1.29, 1.82) is 0 Å². The summed E-state index contributed by atoms with van der Waals surface area (Å²) in [6.07, 6.45) is 13.6. The molecule has 1 rings (SSSR count). The maximum absolute atomic E-state index is 11.4. The monoisotopic (exact) mass is 280 g/mol. The molecule has 1 aliphatic carbocycles. The van der Waals surface area contributed by atoms with Crippen molar-refractivity contribution in [2.75, 3.05) is 0 Å². The summed E-state index contributed by atoms with van der Waals surface area (Å²) < 4.78 is 22.9. The smallest absolute Gasteiger partial charge is 0.212 e. The molecule has 0 unspecified atom stereocenters. The van der Waals surface area contributed by atoms with Crippen molar-refractivity contribution in [3.8, 4) is 0 Å². The Morgan fingerprint density at radius 2 is 0.941 bits per heavy atom. The molecule has 0 aromatic heterocycles. The summed E-state index contributed by atoms with van der Waals surface area (Å²) in [4.78, 5) is 0. The van der Waals surface area contributed by atoms with E-state index >= 15 is 0 Å². The van der Waals surface area contributed by atoms with Gasteiger partial charge in [0.2, 0.25) is 9.05 Å². The molecule has 0 amide bonds. The second kappa shape index (κ2) is 8.36. The molecule has 0 atom stereocenters. The van der Waals surface area contributed by atoms with Crippen LogP contribution in [0.2, 0.25) is 0 Å². The molecule has 4 heteroatoms. The van der Waals surface area contributed by atoms with E-state index in [1.54, 1.807) is 0 Å². The summed E-state index contributed by atoms with van der Waals surface area (Å²) in [6, 6.07) is 0. The topological polar surface area (TPSA) is 34.1 Å². The minimum atomic E-state index is -3.35. The van der Waals surface area contributed by atoms with Crippen LogP contribution in [0.25, 0.3) is 0 Å². The van der Waals surface area contributed by atoms with E-state index in [-0.39, 0.29) is 5.25 Å². The number of halogens is 1. The highest BCUT2D eigenvalue weighted by Gasteiger charge is 2.21. The van der Waals surface area contributed by atoms with Gasteiger partial charge in [-0.15, -0.1) is 0 Å². The number of rotatable bonds is 1. The van der Waals surface area contributed by atoms with Crippen LogP contribution in [-0.2, 0) is 9.05 Å². The second-order valence-electron chi connectivity index (χ2n) is 5.21. The molecular weight excluding hydrogens is 256 g/mol. The fourth-order valence-electron chi connectivity index (χ4n) is 2.58. The van der Waals surface area contributed by atoms with Gasteiger partial charge in [-0.05, 0) is 12.8 Å². The van der Waals surface area contributed by atoms with Crippen LogP contribution < -0.4 is 0 Å². The zero-order valence-electron chi connectivity index (χ0n) is 10.7. The lowest BCUT2D eigenvalue weighted by atomic mass is 10.1. The van der Waals surface area contributed by atoms with E-state index in [2.05, 4.69) is 0 Å². The maximum atomic E-state index is 11.4. The van der Waals surface area contributed by atoms with Crippen LogP contribution >= 0.6 is 10.7 Å². The van der Waals surface area contributed by atoms with Crippen LogP contribution in [0.15, 0.2) is 0 Å². The SMILES string of the molecule is O=S(=O)(Cl)C1CCCCCCCCCCCC1. The summed E-state index contributed by atoms with van der Waals surface area (Å²) in [5, 5.41) is -0.301.